The van der Waals surface area contributed by atoms with Gasteiger partial charge < -0.3 is 9.73 Å². The van der Waals surface area contributed by atoms with Gasteiger partial charge in [0, 0.05) is 5.41 Å². The number of hydrogen-bond acceptors (Lipinski definition) is 4. The first-order valence-electron chi connectivity index (χ1n) is 7.23. The van der Waals surface area contributed by atoms with Gasteiger partial charge >= 0.3 is 0 Å². The van der Waals surface area contributed by atoms with Crippen molar-refractivity contribution in [1.29, 1.82) is 0 Å². The quantitative estimate of drug-likeness (QED) is 0.872. The number of aromatic nitrogens is 2. The molecule has 18 heavy (non-hydrogen) atoms. The van der Waals surface area contributed by atoms with E-state index in [-0.39, 0.29) is 11.5 Å². The minimum atomic E-state index is 0.105. The average Bonchev–Trinajstić information content (AvgIpc) is 2.87. The highest BCUT2D eigenvalue weighted by atomic mass is 16.4. The maximum absolute atomic E-state index is 5.90. The lowest BCUT2D eigenvalue weighted by atomic mass is 9.76. The van der Waals surface area contributed by atoms with Crippen LogP contribution < -0.4 is 5.32 Å². The third-order valence-electron chi connectivity index (χ3n) is 3.99. The second kappa shape index (κ2) is 5.83. The lowest BCUT2D eigenvalue weighted by Gasteiger charge is -2.29. The van der Waals surface area contributed by atoms with E-state index in [4.69, 9.17) is 4.42 Å². The first kappa shape index (κ1) is 13.5. The van der Waals surface area contributed by atoms with Crippen molar-refractivity contribution in [3.8, 4) is 0 Å². The van der Waals surface area contributed by atoms with Crippen molar-refractivity contribution >= 4 is 0 Å². The molecule has 1 heterocycles. The van der Waals surface area contributed by atoms with Crippen LogP contribution in [0.5, 0.6) is 0 Å². The Hall–Kier alpha value is -0.900. The van der Waals surface area contributed by atoms with Gasteiger partial charge in [-0.3, -0.25) is 0 Å². The van der Waals surface area contributed by atoms with E-state index in [2.05, 4.69) is 36.3 Å². The largest absolute Gasteiger partial charge is 0.423 e. The van der Waals surface area contributed by atoms with Crippen LogP contribution in [0, 0.1) is 0 Å². The van der Waals surface area contributed by atoms with Crippen LogP contribution in [0.4, 0.5) is 0 Å². The lowest BCUT2D eigenvalue weighted by molar-refractivity contribution is 0.247. The van der Waals surface area contributed by atoms with E-state index in [0.717, 1.165) is 24.7 Å². The van der Waals surface area contributed by atoms with Crippen LogP contribution in [0.1, 0.15) is 77.1 Å². The molecule has 1 N–H and O–H groups in total. The average molecular weight is 251 g/mol. The summed E-state index contributed by atoms with van der Waals surface area (Å²) >= 11 is 0. The Balaban J connectivity index is 2.04. The second-order valence-corrected chi connectivity index (χ2v) is 5.74. The van der Waals surface area contributed by atoms with Gasteiger partial charge in [0.15, 0.2) is 0 Å². The topological polar surface area (TPSA) is 51.0 Å². The first-order valence-corrected chi connectivity index (χ1v) is 7.23. The molecule has 1 aromatic heterocycles. The molecule has 0 amide bonds. The van der Waals surface area contributed by atoms with Crippen LogP contribution in [-0.4, -0.2) is 16.7 Å². The Morgan fingerprint density at radius 3 is 2.67 bits per heavy atom. The maximum Gasteiger partial charge on any atom is 0.233 e. The molecule has 1 saturated carbocycles. The summed E-state index contributed by atoms with van der Waals surface area (Å²) < 4.78 is 5.90. The molecule has 0 aromatic carbocycles. The molecule has 1 aliphatic carbocycles. The van der Waals surface area contributed by atoms with Gasteiger partial charge in [-0.05, 0) is 32.7 Å². The summed E-state index contributed by atoms with van der Waals surface area (Å²) in [6.45, 7) is 7.47. The van der Waals surface area contributed by atoms with Crippen molar-refractivity contribution in [3.05, 3.63) is 11.8 Å². The molecule has 4 heteroatoms. The van der Waals surface area contributed by atoms with Crippen molar-refractivity contribution in [2.45, 2.75) is 70.8 Å². The molecule has 0 bridgehead atoms. The Labute approximate surface area is 110 Å². The van der Waals surface area contributed by atoms with Gasteiger partial charge in [-0.1, -0.05) is 33.1 Å². The van der Waals surface area contributed by atoms with Crippen LogP contribution in [0.2, 0.25) is 0 Å². The molecule has 1 fully saturated rings. The van der Waals surface area contributed by atoms with E-state index in [1.54, 1.807) is 0 Å². The standard InChI is InChI=1S/C14H25N3O/c1-4-10-15-11(2)12-16-17-13(18-12)14(3)8-6-5-7-9-14/h11,15H,4-10H2,1-3H3. The smallest absolute Gasteiger partial charge is 0.233 e. The van der Waals surface area contributed by atoms with E-state index in [0.29, 0.717) is 0 Å². The molecule has 2 rings (SSSR count). The highest BCUT2D eigenvalue weighted by Gasteiger charge is 2.34. The zero-order valence-corrected chi connectivity index (χ0v) is 11.8. The molecular formula is C14H25N3O. The molecule has 1 atom stereocenters. The van der Waals surface area contributed by atoms with E-state index >= 15 is 0 Å². The fraction of sp³-hybridized carbons (Fsp3) is 0.857. The Morgan fingerprint density at radius 1 is 1.28 bits per heavy atom. The zero-order chi connectivity index (χ0) is 13.0. The van der Waals surface area contributed by atoms with Crippen molar-refractivity contribution < 1.29 is 4.42 Å². The predicted octanol–water partition coefficient (Wildman–Crippen LogP) is 3.35. The van der Waals surface area contributed by atoms with Gasteiger partial charge in [-0.2, -0.15) is 0 Å². The summed E-state index contributed by atoms with van der Waals surface area (Å²) in [7, 11) is 0. The predicted molar refractivity (Wildman–Crippen MR) is 71.4 cm³/mol. The number of hydrogen-bond donors (Lipinski definition) is 1. The van der Waals surface area contributed by atoms with E-state index in [1.165, 1.54) is 32.1 Å². The summed E-state index contributed by atoms with van der Waals surface area (Å²) in [5, 5.41) is 11.9. The van der Waals surface area contributed by atoms with Crippen LogP contribution in [0.3, 0.4) is 0 Å². The highest BCUT2D eigenvalue weighted by Crippen LogP contribution is 2.38. The number of nitrogens with one attached hydrogen (secondary N) is 1. The van der Waals surface area contributed by atoms with Gasteiger partial charge in [0.2, 0.25) is 11.8 Å². The third-order valence-corrected chi connectivity index (χ3v) is 3.99. The van der Waals surface area contributed by atoms with Gasteiger partial charge in [-0.15, -0.1) is 10.2 Å². The van der Waals surface area contributed by atoms with E-state index < -0.39 is 0 Å². The minimum Gasteiger partial charge on any atom is -0.423 e. The van der Waals surface area contributed by atoms with Crippen molar-refractivity contribution in [2.24, 2.45) is 0 Å². The molecule has 0 radical (unpaired) electrons. The summed E-state index contributed by atoms with van der Waals surface area (Å²) in [6, 6.07) is 0.151. The Morgan fingerprint density at radius 2 is 2.00 bits per heavy atom. The highest BCUT2D eigenvalue weighted by molar-refractivity contribution is 5.04. The van der Waals surface area contributed by atoms with Crippen molar-refractivity contribution in [3.63, 3.8) is 0 Å². The van der Waals surface area contributed by atoms with Gasteiger partial charge in [0.25, 0.3) is 0 Å². The molecule has 0 aliphatic heterocycles. The molecule has 102 valence electrons. The molecule has 1 aromatic rings. The van der Waals surface area contributed by atoms with E-state index in [9.17, 15) is 0 Å². The van der Waals surface area contributed by atoms with Gasteiger partial charge in [0.1, 0.15) is 0 Å². The van der Waals surface area contributed by atoms with Crippen molar-refractivity contribution in [2.75, 3.05) is 6.54 Å². The second-order valence-electron chi connectivity index (χ2n) is 5.74. The van der Waals surface area contributed by atoms with Crippen LogP contribution >= 0.6 is 0 Å². The van der Waals surface area contributed by atoms with Crippen molar-refractivity contribution in [1.82, 2.24) is 15.5 Å². The summed E-state index contributed by atoms with van der Waals surface area (Å²) in [5.41, 5.74) is 0.105. The molecular weight excluding hydrogens is 226 g/mol. The van der Waals surface area contributed by atoms with E-state index in [1.807, 2.05) is 0 Å². The summed E-state index contributed by atoms with van der Waals surface area (Å²) in [4.78, 5) is 0. The fourth-order valence-corrected chi connectivity index (χ4v) is 2.65. The summed E-state index contributed by atoms with van der Waals surface area (Å²) in [6.07, 6.45) is 7.35. The monoisotopic (exact) mass is 251 g/mol. The molecule has 0 spiro atoms. The molecule has 1 unspecified atom stereocenters. The molecule has 0 saturated heterocycles. The molecule has 1 aliphatic rings. The van der Waals surface area contributed by atoms with Gasteiger partial charge in [0.05, 0.1) is 6.04 Å². The SMILES string of the molecule is CCCNC(C)c1nnc(C2(C)CCCCC2)o1. The summed E-state index contributed by atoms with van der Waals surface area (Å²) in [5.74, 6) is 1.56. The van der Waals surface area contributed by atoms with Gasteiger partial charge in [-0.25, -0.2) is 0 Å². The number of nitrogens with zero attached hydrogens (tertiary/aromatic N) is 2. The fourth-order valence-electron chi connectivity index (χ4n) is 2.65. The normalized spacial score (nSPS) is 20.8. The number of rotatable bonds is 5. The maximum atomic E-state index is 5.90. The van der Waals surface area contributed by atoms with Crippen LogP contribution in [-0.2, 0) is 5.41 Å². The molecule has 4 nitrogen and oxygen atoms in total. The lowest BCUT2D eigenvalue weighted by Crippen LogP contribution is -2.25. The minimum absolute atomic E-state index is 0.105. The zero-order valence-electron chi connectivity index (χ0n) is 11.8. The first-order chi connectivity index (χ1) is 8.65. The Bertz CT molecular complexity index is 369. The van der Waals surface area contributed by atoms with Crippen LogP contribution in [0.25, 0.3) is 0 Å². The Kier molecular flexibility index (Phi) is 4.38. The van der Waals surface area contributed by atoms with Crippen LogP contribution in [0.15, 0.2) is 4.42 Å². The third kappa shape index (κ3) is 2.91.